The molecule has 0 spiro atoms. The molecule has 1 aromatic heterocycles. The Morgan fingerprint density at radius 3 is 2.85 bits per heavy atom. The zero-order valence-electron chi connectivity index (χ0n) is 11.5. The van der Waals surface area contributed by atoms with Crippen molar-refractivity contribution in [1.29, 1.82) is 0 Å². The second-order valence-electron chi connectivity index (χ2n) is 5.78. The first-order chi connectivity index (χ1) is 9.74. The maximum absolute atomic E-state index is 12.5. The number of allylic oxidation sites excluding steroid dienone is 1. The van der Waals surface area contributed by atoms with E-state index >= 15 is 0 Å². The van der Waals surface area contributed by atoms with E-state index in [-0.39, 0.29) is 5.56 Å². The molecule has 1 fully saturated rings. The Hall–Kier alpha value is -1.10. The van der Waals surface area contributed by atoms with Crippen LogP contribution in [0.3, 0.4) is 0 Å². The minimum absolute atomic E-state index is 0.000767. The van der Waals surface area contributed by atoms with E-state index in [4.69, 9.17) is 0 Å². The lowest BCUT2D eigenvalue weighted by Crippen LogP contribution is -2.33. The third kappa shape index (κ3) is 2.97. The van der Waals surface area contributed by atoms with Gasteiger partial charge < -0.3 is 5.32 Å². The van der Waals surface area contributed by atoms with Gasteiger partial charge in [0.25, 0.3) is 5.56 Å². The van der Waals surface area contributed by atoms with Gasteiger partial charge in [-0.1, -0.05) is 18.6 Å². The van der Waals surface area contributed by atoms with E-state index in [1.54, 1.807) is 10.9 Å². The van der Waals surface area contributed by atoms with Crippen LogP contribution >= 0.6 is 15.9 Å². The number of nitrogens with zero attached hydrogens (tertiary/aromatic N) is 2. The van der Waals surface area contributed by atoms with Gasteiger partial charge in [-0.2, -0.15) is 5.10 Å². The monoisotopic (exact) mass is 337 g/mol. The Bertz CT molecular complexity index is 563. The number of rotatable bonds is 4. The van der Waals surface area contributed by atoms with Crippen LogP contribution in [0, 0.1) is 5.92 Å². The summed E-state index contributed by atoms with van der Waals surface area (Å²) < 4.78 is 2.39. The van der Waals surface area contributed by atoms with E-state index in [0.29, 0.717) is 17.6 Å². The fraction of sp³-hybridized carbons (Fsp3) is 0.600. The zero-order chi connectivity index (χ0) is 13.9. The molecule has 2 aliphatic carbocycles. The normalized spacial score (nSPS) is 22.6. The standard InChI is InChI=1S/C15H20BrN3O/c16-13-9-17-19(10-11-5-4-6-11)15(20)14(13)18-12-7-2-1-3-8-12/h1-2,9,11-12,18H,3-8,10H2. The van der Waals surface area contributed by atoms with Crippen LogP contribution in [0.25, 0.3) is 0 Å². The van der Waals surface area contributed by atoms with Crippen LogP contribution in [0.2, 0.25) is 0 Å². The lowest BCUT2D eigenvalue weighted by Gasteiger charge is -2.26. The van der Waals surface area contributed by atoms with E-state index in [9.17, 15) is 4.79 Å². The molecule has 1 N–H and O–H groups in total. The van der Waals surface area contributed by atoms with Crippen LogP contribution in [0.1, 0.15) is 38.5 Å². The van der Waals surface area contributed by atoms with Gasteiger partial charge in [0, 0.05) is 12.6 Å². The number of hydrogen-bond acceptors (Lipinski definition) is 3. The van der Waals surface area contributed by atoms with Gasteiger partial charge in [0.2, 0.25) is 0 Å². The van der Waals surface area contributed by atoms with Crippen LogP contribution in [-0.4, -0.2) is 15.8 Å². The molecular formula is C15H20BrN3O. The predicted molar refractivity (Wildman–Crippen MR) is 83.9 cm³/mol. The molecule has 20 heavy (non-hydrogen) atoms. The molecule has 0 bridgehead atoms. The number of hydrogen-bond donors (Lipinski definition) is 1. The van der Waals surface area contributed by atoms with Crippen LogP contribution in [0.4, 0.5) is 5.69 Å². The van der Waals surface area contributed by atoms with Gasteiger partial charge in [-0.15, -0.1) is 0 Å². The summed E-state index contributed by atoms with van der Waals surface area (Å²) in [6, 6.07) is 0.351. The van der Waals surface area contributed by atoms with E-state index in [0.717, 1.165) is 30.3 Å². The molecule has 4 nitrogen and oxygen atoms in total. The van der Waals surface area contributed by atoms with Crippen molar-refractivity contribution in [3.63, 3.8) is 0 Å². The highest BCUT2D eigenvalue weighted by molar-refractivity contribution is 9.10. The zero-order valence-corrected chi connectivity index (χ0v) is 13.1. The Morgan fingerprint density at radius 1 is 1.35 bits per heavy atom. The molecule has 5 heteroatoms. The molecular weight excluding hydrogens is 318 g/mol. The first-order valence-electron chi connectivity index (χ1n) is 7.41. The van der Waals surface area contributed by atoms with Gasteiger partial charge in [0.05, 0.1) is 10.7 Å². The van der Waals surface area contributed by atoms with Gasteiger partial charge in [-0.3, -0.25) is 4.79 Å². The van der Waals surface area contributed by atoms with Crippen LogP contribution in [0.5, 0.6) is 0 Å². The summed E-state index contributed by atoms with van der Waals surface area (Å²) in [5, 5.41) is 7.65. The summed E-state index contributed by atoms with van der Waals surface area (Å²) in [4.78, 5) is 12.5. The molecule has 0 radical (unpaired) electrons. The minimum Gasteiger partial charge on any atom is -0.377 e. The molecule has 1 unspecified atom stereocenters. The highest BCUT2D eigenvalue weighted by atomic mass is 79.9. The second kappa shape index (κ2) is 6.12. The molecule has 0 saturated heterocycles. The van der Waals surface area contributed by atoms with Crippen molar-refractivity contribution in [1.82, 2.24) is 9.78 Å². The van der Waals surface area contributed by atoms with E-state index < -0.39 is 0 Å². The fourth-order valence-corrected chi connectivity index (χ4v) is 3.15. The van der Waals surface area contributed by atoms with Crippen molar-refractivity contribution in [2.75, 3.05) is 5.32 Å². The smallest absolute Gasteiger partial charge is 0.291 e. The first kappa shape index (κ1) is 13.9. The van der Waals surface area contributed by atoms with E-state index in [1.807, 2.05) is 0 Å². The van der Waals surface area contributed by atoms with Crippen molar-refractivity contribution in [3.8, 4) is 0 Å². The minimum atomic E-state index is 0.000767. The topological polar surface area (TPSA) is 46.9 Å². The summed E-state index contributed by atoms with van der Waals surface area (Å²) in [6.07, 6.45) is 13.0. The third-order valence-corrected chi connectivity index (χ3v) is 4.87. The average Bonchev–Trinajstić information content (AvgIpc) is 2.42. The van der Waals surface area contributed by atoms with Crippen molar-refractivity contribution in [2.45, 2.75) is 51.1 Å². The SMILES string of the molecule is O=c1c(NC2CC=CCC2)c(Br)cnn1CC1CCC1. The lowest BCUT2D eigenvalue weighted by atomic mass is 9.85. The maximum Gasteiger partial charge on any atom is 0.291 e. The van der Waals surface area contributed by atoms with Gasteiger partial charge in [0.1, 0.15) is 5.69 Å². The molecule has 1 heterocycles. The Balaban J connectivity index is 1.79. The summed E-state index contributed by atoms with van der Waals surface area (Å²) in [5.74, 6) is 0.631. The van der Waals surface area contributed by atoms with Crippen molar-refractivity contribution in [3.05, 3.63) is 33.2 Å². The number of nitrogens with one attached hydrogen (secondary N) is 1. The first-order valence-corrected chi connectivity index (χ1v) is 8.20. The van der Waals surface area contributed by atoms with Crippen molar-refractivity contribution >= 4 is 21.6 Å². The quantitative estimate of drug-likeness (QED) is 0.857. The van der Waals surface area contributed by atoms with Gasteiger partial charge in [0.15, 0.2) is 0 Å². The largest absolute Gasteiger partial charge is 0.377 e. The van der Waals surface area contributed by atoms with Crippen molar-refractivity contribution in [2.24, 2.45) is 5.92 Å². The van der Waals surface area contributed by atoms with Gasteiger partial charge in [-0.05, 0) is 54.0 Å². The molecule has 1 saturated carbocycles. The number of aromatic nitrogens is 2. The van der Waals surface area contributed by atoms with Crippen LogP contribution in [-0.2, 0) is 6.54 Å². The van der Waals surface area contributed by atoms with Gasteiger partial charge >= 0.3 is 0 Å². The summed E-state index contributed by atoms with van der Waals surface area (Å²) in [5.41, 5.74) is 0.667. The summed E-state index contributed by atoms with van der Waals surface area (Å²) >= 11 is 3.45. The molecule has 2 aliphatic rings. The molecule has 3 rings (SSSR count). The highest BCUT2D eigenvalue weighted by Crippen LogP contribution is 2.27. The van der Waals surface area contributed by atoms with Crippen molar-refractivity contribution < 1.29 is 0 Å². The summed E-state index contributed by atoms with van der Waals surface area (Å²) in [6.45, 7) is 0.755. The maximum atomic E-state index is 12.5. The molecule has 0 aromatic carbocycles. The predicted octanol–water partition coefficient (Wildman–Crippen LogP) is 3.33. The van der Waals surface area contributed by atoms with E-state index in [1.165, 1.54) is 19.3 Å². The van der Waals surface area contributed by atoms with Crippen LogP contribution < -0.4 is 10.9 Å². The number of halogens is 1. The Labute approximate surface area is 127 Å². The lowest BCUT2D eigenvalue weighted by molar-refractivity contribution is 0.262. The van der Waals surface area contributed by atoms with Gasteiger partial charge in [-0.25, -0.2) is 4.68 Å². The number of anilines is 1. The molecule has 1 atom stereocenters. The average molecular weight is 338 g/mol. The Kier molecular flexibility index (Phi) is 4.24. The van der Waals surface area contributed by atoms with Crippen LogP contribution in [0.15, 0.2) is 27.6 Å². The molecule has 0 amide bonds. The van der Waals surface area contributed by atoms with E-state index in [2.05, 4.69) is 38.5 Å². The third-order valence-electron chi connectivity index (χ3n) is 4.27. The Morgan fingerprint density at radius 2 is 2.20 bits per heavy atom. The molecule has 0 aliphatic heterocycles. The highest BCUT2D eigenvalue weighted by Gasteiger charge is 2.21. The second-order valence-corrected chi connectivity index (χ2v) is 6.63. The summed E-state index contributed by atoms with van der Waals surface area (Å²) in [7, 11) is 0. The fourth-order valence-electron chi connectivity index (χ4n) is 2.78. The molecule has 1 aromatic rings. The molecule has 108 valence electrons.